The molecule has 0 aliphatic rings. The molecule has 0 spiro atoms. The van der Waals surface area contributed by atoms with Gasteiger partial charge in [-0.05, 0) is 29.8 Å². The Bertz CT molecular complexity index is 906. The molecule has 0 radical (unpaired) electrons. The molecule has 1 amide bonds. The van der Waals surface area contributed by atoms with E-state index in [1.807, 2.05) is 0 Å². The average molecular weight is 406 g/mol. The Morgan fingerprint density at radius 1 is 1.15 bits per heavy atom. The number of amides is 1. The zero-order valence-electron chi connectivity index (χ0n) is 14.1. The van der Waals surface area contributed by atoms with Crippen LogP contribution in [0.2, 0.25) is 0 Å². The molecular formula is C15H14FN3NaO6S+. The number of hydrogen-bond acceptors (Lipinski definition) is 6. The zero-order valence-corrected chi connectivity index (χ0v) is 16.9. The second-order valence-corrected chi connectivity index (χ2v) is 6.93. The summed E-state index contributed by atoms with van der Waals surface area (Å²) in [6, 6.07) is 7.85. The summed E-state index contributed by atoms with van der Waals surface area (Å²) in [4.78, 5) is 21.2. The Morgan fingerprint density at radius 3 is 2.19 bits per heavy atom. The fourth-order valence-corrected chi connectivity index (χ4v) is 3.38. The summed E-state index contributed by atoms with van der Waals surface area (Å²) in [5.74, 6) is -1.40. The van der Waals surface area contributed by atoms with Gasteiger partial charge < -0.3 is 0 Å². The van der Waals surface area contributed by atoms with E-state index in [2.05, 4.69) is 4.72 Å². The van der Waals surface area contributed by atoms with Crippen molar-refractivity contribution in [1.82, 2.24) is 10.2 Å². The molecule has 3 N–H and O–H groups in total. The SMILES string of the molecule is O=C(CC(NS(=O)(=O)c1ccc([N+](=O)[O-])cc1)c1ccc(F)cc1)NO.[Na+]. The molecule has 2 rings (SSSR count). The number of nitrogens with one attached hydrogen (secondary N) is 2. The number of nitro benzene ring substituents is 1. The van der Waals surface area contributed by atoms with Crippen LogP contribution in [0.1, 0.15) is 18.0 Å². The van der Waals surface area contributed by atoms with Gasteiger partial charge in [-0.3, -0.25) is 20.1 Å². The molecule has 1 unspecified atom stereocenters. The third kappa shape index (κ3) is 6.34. The van der Waals surface area contributed by atoms with Gasteiger partial charge in [0, 0.05) is 18.6 Å². The van der Waals surface area contributed by atoms with E-state index >= 15 is 0 Å². The van der Waals surface area contributed by atoms with Crippen molar-refractivity contribution >= 4 is 21.6 Å². The molecule has 0 saturated heterocycles. The molecule has 2 aromatic carbocycles. The summed E-state index contributed by atoms with van der Waals surface area (Å²) in [6.07, 6.45) is -0.450. The van der Waals surface area contributed by atoms with Gasteiger partial charge in [-0.15, -0.1) is 0 Å². The van der Waals surface area contributed by atoms with Crippen molar-refractivity contribution in [1.29, 1.82) is 0 Å². The first-order valence-corrected chi connectivity index (χ1v) is 8.66. The minimum Gasteiger partial charge on any atom is -0.289 e. The van der Waals surface area contributed by atoms with Crippen LogP contribution in [0.5, 0.6) is 0 Å². The van der Waals surface area contributed by atoms with Gasteiger partial charge in [0.25, 0.3) is 5.69 Å². The van der Waals surface area contributed by atoms with Gasteiger partial charge in [-0.1, -0.05) is 12.1 Å². The number of nitrogens with zero attached hydrogens (tertiary/aromatic N) is 1. The van der Waals surface area contributed by atoms with Gasteiger partial charge in [0.1, 0.15) is 5.82 Å². The van der Waals surface area contributed by atoms with Crippen LogP contribution < -0.4 is 39.8 Å². The average Bonchev–Trinajstić information content (AvgIpc) is 2.61. The molecule has 0 heterocycles. The zero-order chi connectivity index (χ0) is 19.3. The summed E-state index contributed by atoms with van der Waals surface area (Å²) in [6.45, 7) is 0. The number of hydroxylamine groups is 1. The van der Waals surface area contributed by atoms with Gasteiger partial charge in [0.2, 0.25) is 15.9 Å². The van der Waals surface area contributed by atoms with E-state index < -0.39 is 39.1 Å². The van der Waals surface area contributed by atoms with Crippen LogP contribution in [0, 0.1) is 15.9 Å². The molecule has 0 saturated carbocycles. The molecule has 0 fully saturated rings. The normalized spacial score (nSPS) is 11.9. The Balaban J connectivity index is 0.00000364. The third-order valence-corrected chi connectivity index (χ3v) is 4.93. The van der Waals surface area contributed by atoms with Crippen LogP contribution in [0.4, 0.5) is 10.1 Å². The first-order chi connectivity index (χ1) is 12.2. The molecule has 9 nitrogen and oxygen atoms in total. The minimum atomic E-state index is -4.14. The van der Waals surface area contributed by atoms with E-state index in [1.54, 1.807) is 0 Å². The van der Waals surface area contributed by atoms with Gasteiger partial charge in [-0.2, -0.15) is 0 Å². The van der Waals surface area contributed by atoms with E-state index in [4.69, 9.17) is 5.21 Å². The van der Waals surface area contributed by atoms with Gasteiger partial charge in [0.05, 0.1) is 15.9 Å². The second kappa shape index (κ2) is 9.88. The Kier molecular flexibility index (Phi) is 8.47. The maximum Gasteiger partial charge on any atom is 1.00 e. The molecule has 138 valence electrons. The molecule has 1 atom stereocenters. The van der Waals surface area contributed by atoms with E-state index in [0.717, 1.165) is 36.4 Å². The standard InChI is InChI=1S/C15H14FN3O6S.Na/c16-11-3-1-10(2-4-11)14(9-15(20)17-21)18-26(24,25)13-7-5-12(6-8-13)19(22)23;/h1-8,14,18,21H,9H2,(H,17,20);/q;+1. The molecule has 2 aromatic rings. The number of halogens is 1. The van der Waals surface area contributed by atoms with Crippen molar-refractivity contribution in [2.24, 2.45) is 0 Å². The van der Waals surface area contributed by atoms with Crippen molar-refractivity contribution in [3.63, 3.8) is 0 Å². The smallest absolute Gasteiger partial charge is 0.289 e. The summed E-state index contributed by atoms with van der Waals surface area (Å²) in [5.41, 5.74) is 1.41. The second-order valence-electron chi connectivity index (χ2n) is 5.22. The van der Waals surface area contributed by atoms with Crippen molar-refractivity contribution in [3.05, 3.63) is 70.0 Å². The van der Waals surface area contributed by atoms with E-state index in [1.165, 1.54) is 17.6 Å². The predicted octanol–water partition coefficient (Wildman–Crippen LogP) is -1.35. The maximum atomic E-state index is 13.1. The number of rotatable bonds is 7. The number of nitro groups is 1. The van der Waals surface area contributed by atoms with Gasteiger partial charge in [0.15, 0.2) is 0 Å². The van der Waals surface area contributed by atoms with Crippen LogP contribution in [0.15, 0.2) is 53.4 Å². The molecule has 12 heteroatoms. The topological polar surface area (TPSA) is 139 Å². The maximum absolute atomic E-state index is 13.1. The first kappa shape index (κ1) is 23.1. The van der Waals surface area contributed by atoms with Crippen LogP contribution in [-0.2, 0) is 14.8 Å². The fraction of sp³-hybridized carbons (Fsp3) is 0.133. The van der Waals surface area contributed by atoms with Crippen LogP contribution >= 0.6 is 0 Å². The Hall–Kier alpha value is -1.89. The quantitative estimate of drug-likeness (QED) is 0.225. The third-order valence-electron chi connectivity index (χ3n) is 3.44. The summed E-state index contributed by atoms with van der Waals surface area (Å²) < 4.78 is 40.3. The molecule has 0 aliphatic carbocycles. The molecule has 0 aliphatic heterocycles. The van der Waals surface area contributed by atoms with E-state index in [9.17, 15) is 27.7 Å². The Morgan fingerprint density at radius 2 is 1.70 bits per heavy atom. The number of benzene rings is 2. The van der Waals surface area contributed by atoms with Gasteiger partial charge >= 0.3 is 29.6 Å². The van der Waals surface area contributed by atoms with Crippen LogP contribution in [-0.4, -0.2) is 24.5 Å². The number of hydrogen-bond donors (Lipinski definition) is 3. The van der Waals surface area contributed by atoms with Crippen LogP contribution in [0.25, 0.3) is 0 Å². The molecular weight excluding hydrogens is 392 g/mol. The summed E-state index contributed by atoms with van der Waals surface area (Å²) in [5, 5.41) is 19.3. The van der Waals surface area contributed by atoms with Crippen molar-refractivity contribution in [2.75, 3.05) is 0 Å². The number of non-ortho nitro benzene ring substituents is 1. The molecule has 0 aromatic heterocycles. The first-order valence-electron chi connectivity index (χ1n) is 7.18. The number of sulfonamides is 1. The van der Waals surface area contributed by atoms with Crippen molar-refractivity contribution in [3.8, 4) is 0 Å². The van der Waals surface area contributed by atoms with E-state index in [0.29, 0.717) is 5.56 Å². The molecule has 27 heavy (non-hydrogen) atoms. The summed E-state index contributed by atoms with van der Waals surface area (Å²) >= 11 is 0. The van der Waals surface area contributed by atoms with E-state index in [-0.39, 0.29) is 40.1 Å². The predicted molar refractivity (Wildman–Crippen MR) is 87.1 cm³/mol. The van der Waals surface area contributed by atoms with Gasteiger partial charge in [-0.25, -0.2) is 23.0 Å². The van der Waals surface area contributed by atoms with Crippen molar-refractivity contribution < 1.29 is 57.3 Å². The molecule has 0 bridgehead atoms. The Labute approximate surface area is 176 Å². The number of carbonyl (C=O) groups is 1. The largest absolute Gasteiger partial charge is 1.00 e. The number of carbonyl (C=O) groups excluding carboxylic acids is 1. The van der Waals surface area contributed by atoms with Crippen molar-refractivity contribution in [2.45, 2.75) is 17.4 Å². The van der Waals surface area contributed by atoms with Crippen LogP contribution in [0.3, 0.4) is 0 Å². The fourth-order valence-electron chi connectivity index (χ4n) is 2.16. The summed E-state index contributed by atoms with van der Waals surface area (Å²) in [7, 11) is -4.14. The monoisotopic (exact) mass is 406 g/mol. The minimum absolute atomic E-state index is 0.